The van der Waals surface area contributed by atoms with Crippen LogP contribution in [0.3, 0.4) is 0 Å². The van der Waals surface area contributed by atoms with E-state index in [1.54, 1.807) is 7.11 Å². The predicted molar refractivity (Wildman–Crippen MR) is 85.8 cm³/mol. The zero-order valence-electron chi connectivity index (χ0n) is 13.2. The number of carbonyl (C=O) groups excluding carboxylic acids is 1. The summed E-state index contributed by atoms with van der Waals surface area (Å²) in [5.74, 6) is 1.76. The molecule has 3 nitrogen and oxygen atoms in total. The van der Waals surface area contributed by atoms with Gasteiger partial charge >= 0.3 is 0 Å². The number of hydrogen-bond acceptors (Lipinski definition) is 3. The van der Waals surface area contributed by atoms with Crippen LogP contribution in [0.2, 0.25) is 0 Å². The van der Waals surface area contributed by atoms with Gasteiger partial charge in [0.05, 0.1) is 13.7 Å². The summed E-state index contributed by atoms with van der Waals surface area (Å²) in [6.45, 7) is 0.478. The van der Waals surface area contributed by atoms with Crippen LogP contribution in [0.1, 0.15) is 37.7 Å². The van der Waals surface area contributed by atoms with E-state index in [1.165, 1.54) is 12.8 Å². The fourth-order valence-corrected chi connectivity index (χ4v) is 3.54. The molecule has 0 aliphatic heterocycles. The molecule has 0 radical (unpaired) electrons. The number of ether oxygens (including phenoxy) is 2. The van der Waals surface area contributed by atoms with Gasteiger partial charge in [-0.05, 0) is 42.9 Å². The molecule has 118 valence electrons. The van der Waals surface area contributed by atoms with Crippen LogP contribution in [0.5, 0.6) is 5.75 Å². The molecule has 22 heavy (non-hydrogen) atoms. The zero-order valence-corrected chi connectivity index (χ0v) is 13.2. The third kappa shape index (κ3) is 3.41. The molecular weight excluding hydrogens is 276 g/mol. The lowest BCUT2D eigenvalue weighted by Gasteiger charge is -2.29. The summed E-state index contributed by atoms with van der Waals surface area (Å²) in [5, 5.41) is 0. The Labute approximate surface area is 132 Å². The number of fused-ring (bicyclic) bond motifs is 1. The Morgan fingerprint density at radius 1 is 1.14 bits per heavy atom. The number of benzene rings is 1. The highest BCUT2D eigenvalue weighted by Crippen LogP contribution is 2.35. The minimum atomic E-state index is -0.286. The van der Waals surface area contributed by atoms with E-state index in [-0.39, 0.29) is 12.0 Å². The second-order valence-corrected chi connectivity index (χ2v) is 6.27. The average Bonchev–Trinajstić information content (AvgIpc) is 2.73. The van der Waals surface area contributed by atoms with Crippen LogP contribution >= 0.6 is 0 Å². The van der Waals surface area contributed by atoms with Crippen molar-refractivity contribution in [3.05, 3.63) is 42.0 Å². The zero-order chi connectivity index (χ0) is 15.4. The Kier molecular flexibility index (Phi) is 4.94. The van der Waals surface area contributed by atoms with Gasteiger partial charge in [-0.15, -0.1) is 0 Å². The maximum absolute atomic E-state index is 12.7. The highest BCUT2D eigenvalue weighted by molar-refractivity contribution is 5.86. The minimum Gasteiger partial charge on any atom is -0.497 e. The van der Waals surface area contributed by atoms with Gasteiger partial charge in [0.25, 0.3) is 0 Å². The van der Waals surface area contributed by atoms with Gasteiger partial charge < -0.3 is 9.47 Å². The summed E-state index contributed by atoms with van der Waals surface area (Å²) in [5.41, 5.74) is 1.07. The molecule has 2 aliphatic rings. The number of methoxy groups -OCH3 is 1. The smallest absolute Gasteiger partial charge is 0.165 e. The maximum atomic E-state index is 12.7. The van der Waals surface area contributed by atoms with Crippen LogP contribution in [-0.2, 0) is 16.1 Å². The summed E-state index contributed by atoms with van der Waals surface area (Å²) < 4.78 is 11.1. The number of allylic oxidation sites excluding steroid dienone is 1. The van der Waals surface area contributed by atoms with E-state index < -0.39 is 0 Å². The molecular formula is C19H24O3. The molecule has 0 unspecified atom stereocenters. The predicted octanol–water partition coefficient (Wildman–Crippen LogP) is 3.92. The quantitative estimate of drug-likeness (QED) is 0.791. The number of hydrogen-bond donors (Lipinski definition) is 0. The Bertz CT molecular complexity index is 532. The molecule has 0 spiro atoms. The SMILES string of the molecule is COc1ccc(CO[C@@H]2CC=C[C@@H]3CCCC[C@H]3C2=O)cc1. The van der Waals surface area contributed by atoms with Crippen molar-refractivity contribution in [2.24, 2.45) is 11.8 Å². The second kappa shape index (κ2) is 7.10. The van der Waals surface area contributed by atoms with Crippen LogP contribution in [0.4, 0.5) is 0 Å². The van der Waals surface area contributed by atoms with E-state index in [1.807, 2.05) is 24.3 Å². The summed E-state index contributed by atoms with van der Waals surface area (Å²) in [4.78, 5) is 12.7. The molecule has 0 bridgehead atoms. The van der Waals surface area contributed by atoms with E-state index in [0.29, 0.717) is 24.7 Å². The lowest BCUT2D eigenvalue weighted by atomic mass is 9.77. The Morgan fingerprint density at radius 2 is 1.91 bits per heavy atom. The first-order chi connectivity index (χ1) is 10.8. The van der Waals surface area contributed by atoms with Gasteiger partial charge in [0, 0.05) is 5.92 Å². The molecule has 1 aromatic carbocycles. The maximum Gasteiger partial charge on any atom is 0.165 e. The molecule has 3 rings (SSSR count). The van der Waals surface area contributed by atoms with Crippen LogP contribution in [0.15, 0.2) is 36.4 Å². The van der Waals surface area contributed by atoms with Crippen LogP contribution in [-0.4, -0.2) is 19.0 Å². The molecule has 2 aliphatic carbocycles. The fourth-order valence-electron chi connectivity index (χ4n) is 3.54. The van der Waals surface area contributed by atoms with Gasteiger partial charge in [0.15, 0.2) is 5.78 Å². The standard InChI is InChI=1S/C19H24O3/c1-21-16-11-9-14(10-12-16)13-22-18-8-4-6-15-5-2-3-7-17(15)19(18)20/h4,6,9-12,15,17-18H,2-3,5,7-8,13H2,1H3/t15-,17+,18+/m0/s1. The number of Topliss-reactive ketones (excluding diaryl/α,β-unsaturated/α-hetero) is 1. The van der Waals surface area contributed by atoms with E-state index in [2.05, 4.69) is 12.2 Å². The number of rotatable bonds is 4. The van der Waals surface area contributed by atoms with Gasteiger partial charge in [0.2, 0.25) is 0 Å². The topological polar surface area (TPSA) is 35.5 Å². The van der Waals surface area contributed by atoms with Gasteiger partial charge in [0.1, 0.15) is 11.9 Å². The van der Waals surface area contributed by atoms with Crippen molar-refractivity contribution in [2.75, 3.05) is 7.11 Å². The normalized spacial score (nSPS) is 28.0. The first-order valence-corrected chi connectivity index (χ1v) is 8.23. The van der Waals surface area contributed by atoms with Crippen molar-refractivity contribution in [3.8, 4) is 5.75 Å². The van der Waals surface area contributed by atoms with Crippen molar-refractivity contribution >= 4 is 5.78 Å². The van der Waals surface area contributed by atoms with Gasteiger partial charge in [-0.25, -0.2) is 0 Å². The van der Waals surface area contributed by atoms with E-state index in [0.717, 1.165) is 24.2 Å². The molecule has 0 amide bonds. The Hall–Kier alpha value is -1.61. The van der Waals surface area contributed by atoms with Crippen molar-refractivity contribution in [1.29, 1.82) is 0 Å². The summed E-state index contributed by atoms with van der Waals surface area (Å²) in [7, 11) is 1.66. The third-order valence-electron chi connectivity index (χ3n) is 4.85. The highest BCUT2D eigenvalue weighted by atomic mass is 16.5. The Balaban J connectivity index is 1.61. The van der Waals surface area contributed by atoms with E-state index in [9.17, 15) is 4.79 Å². The first kappa shape index (κ1) is 15.3. The molecule has 0 aromatic heterocycles. The molecule has 0 saturated heterocycles. The lowest BCUT2D eigenvalue weighted by molar-refractivity contribution is -0.137. The van der Waals surface area contributed by atoms with Crippen molar-refractivity contribution in [1.82, 2.24) is 0 Å². The third-order valence-corrected chi connectivity index (χ3v) is 4.85. The van der Waals surface area contributed by atoms with Gasteiger partial charge in [-0.3, -0.25) is 4.79 Å². The first-order valence-electron chi connectivity index (χ1n) is 8.23. The van der Waals surface area contributed by atoms with Crippen LogP contribution in [0, 0.1) is 11.8 Å². The van der Waals surface area contributed by atoms with Gasteiger partial charge in [-0.1, -0.05) is 37.1 Å². The molecule has 1 fully saturated rings. The number of carbonyl (C=O) groups is 1. The van der Waals surface area contributed by atoms with E-state index >= 15 is 0 Å². The molecule has 0 N–H and O–H groups in total. The lowest BCUT2D eigenvalue weighted by Crippen LogP contribution is -2.34. The molecule has 3 heteroatoms. The van der Waals surface area contributed by atoms with Crippen LogP contribution in [0.25, 0.3) is 0 Å². The van der Waals surface area contributed by atoms with Crippen LogP contribution < -0.4 is 4.74 Å². The molecule has 1 saturated carbocycles. The Morgan fingerprint density at radius 3 is 2.68 bits per heavy atom. The molecule has 0 heterocycles. The van der Waals surface area contributed by atoms with Crippen molar-refractivity contribution < 1.29 is 14.3 Å². The fraction of sp³-hybridized carbons (Fsp3) is 0.526. The van der Waals surface area contributed by atoms with E-state index in [4.69, 9.17) is 9.47 Å². The van der Waals surface area contributed by atoms with Crippen molar-refractivity contribution in [2.45, 2.75) is 44.8 Å². The van der Waals surface area contributed by atoms with Gasteiger partial charge in [-0.2, -0.15) is 0 Å². The summed E-state index contributed by atoms with van der Waals surface area (Å²) in [6, 6.07) is 7.81. The minimum absolute atomic E-state index is 0.174. The van der Waals surface area contributed by atoms with Crippen molar-refractivity contribution in [3.63, 3.8) is 0 Å². The largest absolute Gasteiger partial charge is 0.497 e. The average molecular weight is 300 g/mol. The highest BCUT2D eigenvalue weighted by Gasteiger charge is 2.35. The molecule has 1 aromatic rings. The summed E-state index contributed by atoms with van der Waals surface area (Å²) >= 11 is 0. The number of ketones is 1. The molecule has 3 atom stereocenters. The summed E-state index contributed by atoms with van der Waals surface area (Å²) in [6.07, 6.45) is 9.41. The second-order valence-electron chi connectivity index (χ2n) is 6.27. The monoisotopic (exact) mass is 300 g/mol.